The van der Waals surface area contributed by atoms with E-state index in [1.165, 1.54) is 30.2 Å². The number of rotatable bonds is 10. The molecule has 1 aliphatic carbocycles. The Morgan fingerprint density at radius 2 is 1.66 bits per heavy atom. The smallest absolute Gasteiger partial charge is 0.341 e. The quantitative estimate of drug-likeness (QED) is 0.0674. The number of esters is 1. The van der Waals surface area contributed by atoms with E-state index >= 15 is 0 Å². The zero-order chi connectivity index (χ0) is 33.3. The third-order valence-electron chi connectivity index (χ3n) is 7.53. The lowest BCUT2D eigenvalue weighted by molar-refractivity contribution is -0.115. The maximum atomic E-state index is 13.5. The fraction of sp³-hybridized carbons (Fsp3) is 0.222. The zero-order valence-corrected chi connectivity index (χ0v) is 28.3. The monoisotopic (exact) mass is 687 g/mol. The summed E-state index contributed by atoms with van der Waals surface area (Å²) in [5.74, 6) is -1.64. The average Bonchev–Trinajstić information content (AvgIpc) is 3.24. The molecule has 0 saturated heterocycles. The summed E-state index contributed by atoms with van der Waals surface area (Å²) in [5, 5.41) is 9.12. The molecule has 8 nitrogen and oxygen atoms in total. The first kappa shape index (κ1) is 34.0. The van der Waals surface area contributed by atoms with Crippen LogP contribution in [-0.4, -0.2) is 36.1 Å². The summed E-state index contributed by atoms with van der Waals surface area (Å²) in [5.41, 5.74) is 3.06. The van der Waals surface area contributed by atoms with E-state index in [0.717, 1.165) is 47.4 Å². The van der Waals surface area contributed by atoms with Gasteiger partial charge in [-0.25, -0.2) is 4.79 Å². The van der Waals surface area contributed by atoms with Crippen LogP contribution in [0.5, 0.6) is 0 Å². The molecule has 11 heteroatoms. The SMILES string of the molecule is COC(=O)c1c(NC(=O)C(C)Sc2cccc(NC(=O)/C(=C\c3ccc(Cl)cc3)NC(=O)c3ccccc3)c2)sc2c1CCCCC2. The second kappa shape index (κ2) is 15.9. The number of thioether (sulfide) groups is 1. The molecule has 0 spiro atoms. The van der Waals surface area contributed by atoms with Crippen molar-refractivity contribution < 1.29 is 23.9 Å². The molecule has 3 N–H and O–H groups in total. The first-order chi connectivity index (χ1) is 22.7. The molecule has 0 radical (unpaired) electrons. The molecule has 4 aromatic rings. The number of nitrogens with one attached hydrogen (secondary N) is 3. The molecule has 242 valence electrons. The van der Waals surface area contributed by atoms with Gasteiger partial charge in [0.15, 0.2) is 0 Å². The van der Waals surface area contributed by atoms with Gasteiger partial charge in [0.1, 0.15) is 10.7 Å². The summed E-state index contributed by atoms with van der Waals surface area (Å²) in [7, 11) is 1.35. The number of thiophene rings is 1. The lowest BCUT2D eigenvalue weighted by atomic mass is 10.1. The van der Waals surface area contributed by atoms with Gasteiger partial charge >= 0.3 is 5.97 Å². The van der Waals surface area contributed by atoms with Gasteiger partial charge in [0.25, 0.3) is 11.8 Å². The van der Waals surface area contributed by atoms with Gasteiger partial charge in [-0.2, -0.15) is 0 Å². The van der Waals surface area contributed by atoms with Crippen molar-refractivity contribution in [3.63, 3.8) is 0 Å². The number of ether oxygens (including phenoxy) is 1. The van der Waals surface area contributed by atoms with Gasteiger partial charge in [-0.3, -0.25) is 14.4 Å². The third kappa shape index (κ3) is 8.91. The summed E-state index contributed by atoms with van der Waals surface area (Å²) in [6, 6.07) is 22.6. The van der Waals surface area contributed by atoms with Crippen LogP contribution in [0.2, 0.25) is 5.02 Å². The van der Waals surface area contributed by atoms with Crippen LogP contribution in [0.3, 0.4) is 0 Å². The molecule has 1 atom stereocenters. The van der Waals surface area contributed by atoms with E-state index in [9.17, 15) is 19.2 Å². The van der Waals surface area contributed by atoms with E-state index in [2.05, 4.69) is 16.0 Å². The van der Waals surface area contributed by atoms with Gasteiger partial charge in [-0.05, 0) is 92.3 Å². The van der Waals surface area contributed by atoms with Crippen LogP contribution in [0.25, 0.3) is 6.08 Å². The highest BCUT2D eigenvalue weighted by Gasteiger charge is 2.27. The number of fused-ring (bicyclic) bond motifs is 1. The molecular weight excluding hydrogens is 654 g/mol. The van der Waals surface area contributed by atoms with E-state index in [1.807, 2.05) is 6.07 Å². The minimum absolute atomic E-state index is 0.0442. The van der Waals surface area contributed by atoms with Crippen LogP contribution in [0.4, 0.5) is 10.7 Å². The normalized spacial score (nSPS) is 13.5. The minimum Gasteiger partial charge on any atom is -0.465 e. The molecule has 1 heterocycles. The molecule has 3 aromatic carbocycles. The average molecular weight is 688 g/mol. The lowest BCUT2D eigenvalue weighted by Crippen LogP contribution is -2.30. The highest BCUT2D eigenvalue weighted by molar-refractivity contribution is 8.00. The maximum absolute atomic E-state index is 13.5. The predicted molar refractivity (Wildman–Crippen MR) is 189 cm³/mol. The first-order valence-electron chi connectivity index (χ1n) is 15.2. The minimum atomic E-state index is -0.523. The molecule has 5 rings (SSSR count). The Bertz CT molecular complexity index is 1810. The van der Waals surface area contributed by atoms with Crippen LogP contribution in [0, 0.1) is 0 Å². The number of aryl methyl sites for hydroxylation is 1. The number of halogens is 1. The standard InChI is InChI=1S/C36H34ClN3O5S2/c1-22(32(41)40-35-31(36(44)45-2)28-14-7-4-8-15-30(28)47-35)46-27-13-9-12-26(21-27)38-34(43)29(20-23-16-18-25(37)19-17-23)39-33(42)24-10-5-3-6-11-24/h3,5-6,9-13,16-22H,4,7-8,14-15H2,1-2H3,(H,38,43)(H,39,42)(H,40,41)/b29-20+. The molecule has 0 fully saturated rings. The van der Waals surface area contributed by atoms with Gasteiger partial charge in [-0.1, -0.05) is 54.4 Å². The number of methoxy groups -OCH3 is 1. The van der Waals surface area contributed by atoms with Crippen LogP contribution >= 0.6 is 34.7 Å². The lowest BCUT2D eigenvalue weighted by Gasteiger charge is -2.14. The Morgan fingerprint density at radius 1 is 0.915 bits per heavy atom. The Hall–Kier alpha value is -4.38. The van der Waals surface area contributed by atoms with E-state index in [0.29, 0.717) is 32.4 Å². The number of carbonyl (C=O) groups excluding carboxylic acids is 4. The van der Waals surface area contributed by atoms with Gasteiger partial charge in [0.05, 0.1) is 17.9 Å². The highest BCUT2D eigenvalue weighted by Crippen LogP contribution is 2.38. The van der Waals surface area contributed by atoms with Crippen molar-refractivity contribution in [1.82, 2.24) is 5.32 Å². The zero-order valence-electron chi connectivity index (χ0n) is 25.9. The number of benzene rings is 3. The highest BCUT2D eigenvalue weighted by atomic mass is 35.5. The molecule has 0 saturated carbocycles. The summed E-state index contributed by atoms with van der Waals surface area (Å²) in [4.78, 5) is 54.3. The van der Waals surface area contributed by atoms with Gasteiger partial charge in [-0.15, -0.1) is 23.1 Å². The van der Waals surface area contributed by atoms with Crippen molar-refractivity contribution in [3.8, 4) is 0 Å². The molecule has 3 amide bonds. The summed E-state index contributed by atoms with van der Waals surface area (Å²) in [6.45, 7) is 1.79. The van der Waals surface area contributed by atoms with Crippen LogP contribution < -0.4 is 16.0 Å². The molecular formula is C36H34ClN3O5S2. The summed E-state index contributed by atoms with van der Waals surface area (Å²) >= 11 is 8.81. The van der Waals surface area contributed by atoms with Crippen molar-refractivity contribution in [2.45, 2.75) is 49.2 Å². The van der Waals surface area contributed by atoms with Gasteiger partial charge < -0.3 is 20.7 Å². The molecule has 47 heavy (non-hydrogen) atoms. The third-order valence-corrected chi connectivity index (χ3v) is 10.1. The van der Waals surface area contributed by atoms with Crippen molar-refractivity contribution in [2.24, 2.45) is 0 Å². The molecule has 0 aliphatic heterocycles. The fourth-order valence-electron chi connectivity index (χ4n) is 5.13. The van der Waals surface area contributed by atoms with E-state index < -0.39 is 23.0 Å². The molecule has 1 aliphatic rings. The second-order valence-electron chi connectivity index (χ2n) is 10.9. The first-order valence-corrected chi connectivity index (χ1v) is 17.2. The van der Waals surface area contributed by atoms with Crippen molar-refractivity contribution in [1.29, 1.82) is 0 Å². The summed E-state index contributed by atoms with van der Waals surface area (Å²) < 4.78 is 5.07. The number of hydrogen-bond acceptors (Lipinski definition) is 7. The Kier molecular flexibility index (Phi) is 11.5. The van der Waals surface area contributed by atoms with Crippen molar-refractivity contribution in [2.75, 3.05) is 17.7 Å². The van der Waals surface area contributed by atoms with Crippen LogP contribution in [0.1, 0.15) is 62.9 Å². The largest absolute Gasteiger partial charge is 0.465 e. The Labute approximate surface area is 286 Å². The Morgan fingerprint density at radius 3 is 2.40 bits per heavy atom. The van der Waals surface area contributed by atoms with E-state index in [-0.39, 0.29) is 11.6 Å². The number of anilines is 2. The fourth-order valence-corrected chi connectivity index (χ4v) is 7.47. The summed E-state index contributed by atoms with van der Waals surface area (Å²) in [6.07, 6.45) is 6.41. The van der Waals surface area contributed by atoms with Gasteiger partial charge in [0.2, 0.25) is 5.91 Å². The number of carbonyl (C=O) groups is 4. The molecule has 1 unspecified atom stereocenters. The second-order valence-corrected chi connectivity index (χ2v) is 13.9. The number of amides is 3. The molecule has 0 bridgehead atoms. The van der Waals surface area contributed by atoms with Gasteiger partial charge in [0, 0.05) is 26.0 Å². The van der Waals surface area contributed by atoms with E-state index in [1.54, 1.807) is 85.8 Å². The predicted octanol–water partition coefficient (Wildman–Crippen LogP) is 7.99. The van der Waals surface area contributed by atoms with Crippen molar-refractivity contribution in [3.05, 3.63) is 117 Å². The van der Waals surface area contributed by atoms with Crippen molar-refractivity contribution >= 4 is 75.2 Å². The van der Waals surface area contributed by atoms with Crippen LogP contribution in [-0.2, 0) is 27.2 Å². The number of hydrogen-bond donors (Lipinski definition) is 3. The maximum Gasteiger partial charge on any atom is 0.341 e. The van der Waals surface area contributed by atoms with E-state index in [4.69, 9.17) is 16.3 Å². The topological polar surface area (TPSA) is 114 Å². The Balaban J connectivity index is 1.29. The van der Waals surface area contributed by atoms with Crippen LogP contribution in [0.15, 0.2) is 89.5 Å². The molecule has 1 aromatic heterocycles.